The third-order valence-electron chi connectivity index (χ3n) is 12.4. The van der Waals surface area contributed by atoms with Crippen LogP contribution in [0.15, 0.2) is 72.9 Å². The largest absolute Gasteiger partial charge is 0.545 e. The summed E-state index contributed by atoms with van der Waals surface area (Å²) in [6, 6.07) is 0. The van der Waals surface area contributed by atoms with E-state index >= 15 is 0 Å². The van der Waals surface area contributed by atoms with Crippen LogP contribution in [0.4, 0.5) is 0 Å². The van der Waals surface area contributed by atoms with E-state index in [2.05, 4.69) is 86.8 Å². The molecule has 2 unspecified atom stereocenters. The molecule has 0 radical (unpaired) electrons. The van der Waals surface area contributed by atoms with Crippen molar-refractivity contribution in [3.63, 3.8) is 0 Å². The van der Waals surface area contributed by atoms with Gasteiger partial charge in [-0.1, -0.05) is 222 Å². The molecule has 410 valence electrons. The topological polar surface area (TPSA) is 111 Å². The van der Waals surface area contributed by atoms with Crippen LogP contribution >= 0.6 is 0 Å². The SMILES string of the molecule is CC/C=C\C/C=C\C/C=C\C/C=C\C/C=C\CCCCCCCCCCCCCCCCCCCC(=O)OC(COC(=O)CCCCCCC/C=C\CCCCCC)COC(OCC[N+](C)(C)C)C(=O)[O-]. The third-order valence-corrected chi connectivity index (χ3v) is 12.4. The van der Waals surface area contributed by atoms with Gasteiger partial charge in [-0.15, -0.1) is 0 Å². The summed E-state index contributed by atoms with van der Waals surface area (Å²) in [5, 5.41) is 11.7. The second-order valence-corrected chi connectivity index (χ2v) is 20.5. The van der Waals surface area contributed by atoms with Gasteiger partial charge in [-0.3, -0.25) is 9.59 Å². The minimum absolute atomic E-state index is 0.146. The van der Waals surface area contributed by atoms with Crippen molar-refractivity contribution in [1.29, 1.82) is 0 Å². The lowest BCUT2D eigenvalue weighted by atomic mass is 10.0. The molecule has 0 fully saturated rings. The van der Waals surface area contributed by atoms with Crippen LogP contribution in [0.5, 0.6) is 0 Å². The molecule has 0 aromatic heterocycles. The summed E-state index contributed by atoms with van der Waals surface area (Å²) in [6.07, 6.45) is 65.3. The highest BCUT2D eigenvalue weighted by Gasteiger charge is 2.22. The predicted octanol–water partition coefficient (Wildman–Crippen LogP) is 15.7. The molecule has 71 heavy (non-hydrogen) atoms. The lowest BCUT2D eigenvalue weighted by molar-refractivity contribution is -0.870. The number of carbonyl (C=O) groups is 3. The summed E-state index contributed by atoms with van der Waals surface area (Å²) in [6.45, 7) is 4.62. The highest BCUT2D eigenvalue weighted by molar-refractivity contribution is 5.70. The molecule has 0 amide bonds. The van der Waals surface area contributed by atoms with Gasteiger partial charge in [-0.2, -0.15) is 0 Å². The van der Waals surface area contributed by atoms with E-state index in [1.54, 1.807) is 0 Å². The normalized spacial score (nSPS) is 13.3. The van der Waals surface area contributed by atoms with Crippen LogP contribution in [0, 0.1) is 0 Å². The quantitative estimate of drug-likeness (QED) is 0.0195. The molecule has 2 atom stereocenters. The van der Waals surface area contributed by atoms with E-state index in [4.69, 9.17) is 18.9 Å². The van der Waals surface area contributed by atoms with Gasteiger partial charge < -0.3 is 33.3 Å². The molecule has 0 N–H and O–H groups in total. The molecule has 0 aromatic carbocycles. The first kappa shape index (κ1) is 67.7. The zero-order valence-electron chi connectivity index (χ0n) is 46.6. The molecule has 0 aromatic rings. The Labute approximate surface area is 437 Å². The highest BCUT2D eigenvalue weighted by atomic mass is 16.7. The van der Waals surface area contributed by atoms with E-state index in [1.807, 2.05) is 21.1 Å². The predicted molar refractivity (Wildman–Crippen MR) is 297 cm³/mol. The second-order valence-electron chi connectivity index (χ2n) is 20.5. The van der Waals surface area contributed by atoms with E-state index in [0.29, 0.717) is 17.4 Å². The number of carboxylic acids is 1. The van der Waals surface area contributed by atoms with Gasteiger partial charge in [0.05, 0.1) is 40.3 Å². The number of carbonyl (C=O) groups excluding carboxylic acids is 3. The monoisotopic (exact) mass is 996 g/mol. The number of nitrogens with zero attached hydrogens (tertiary/aromatic N) is 1. The van der Waals surface area contributed by atoms with Crippen molar-refractivity contribution in [3.05, 3.63) is 72.9 Å². The van der Waals surface area contributed by atoms with Crippen LogP contribution in [0.1, 0.15) is 245 Å². The second kappa shape index (κ2) is 53.0. The molecular weight excluding hydrogens is 887 g/mol. The zero-order valence-corrected chi connectivity index (χ0v) is 46.6. The van der Waals surface area contributed by atoms with Crippen molar-refractivity contribution in [3.8, 4) is 0 Å². The summed E-state index contributed by atoms with van der Waals surface area (Å²) in [4.78, 5) is 37.2. The minimum Gasteiger partial charge on any atom is -0.545 e. The van der Waals surface area contributed by atoms with Gasteiger partial charge in [0, 0.05) is 12.8 Å². The van der Waals surface area contributed by atoms with E-state index in [0.717, 1.165) is 83.5 Å². The molecule has 0 heterocycles. The highest BCUT2D eigenvalue weighted by Crippen LogP contribution is 2.16. The standard InChI is InChI=1S/C62H109NO8/c1-6-8-10-12-14-16-18-20-21-22-23-24-25-26-27-28-29-30-31-32-33-34-35-36-37-38-39-41-43-45-47-49-51-53-60(65)71-58(57-70-62(61(66)67)68-55-54-63(3,4)5)56-69-59(64)52-50-48-46-44-42-40-19-17-15-13-11-9-7-2/h8,10,14,16-17,19-21,23-24,26-27,58,62H,6-7,9,11-13,15,18,22,25,28-57H2,1-5H3/b10-8-,16-14-,19-17-,21-20-,24-23-,27-26-. The molecule has 0 spiro atoms. The first-order valence-electron chi connectivity index (χ1n) is 29.1. The molecule has 9 heteroatoms. The first-order valence-corrected chi connectivity index (χ1v) is 29.1. The number of rotatable bonds is 53. The Bertz CT molecular complexity index is 1390. The van der Waals surface area contributed by atoms with Gasteiger partial charge in [-0.05, 0) is 83.5 Å². The number of esters is 2. The number of quaternary nitrogens is 1. The molecule has 0 aliphatic rings. The zero-order chi connectivity index (χ0) is 52.0. The number of hydrogen-bond donors (Lipinski definition) is 0. The molecule has 0 aliphatic heterocycles. The minimum atomic E-state index is -1.62. The van der Waals surface area contributed by atoms with Gasteiger partial charge in [0.25, 0.3) is 0 Å². The maximum Gasteiger partial charge on any atom is 0.306 e. The van der Waals surface area contributed by atoms with Crippen LogP contribution < -0.4 is 5.11 Å². The Morgan fingerprint density at radius 2 is 0.803 bits per heavy atom. The van der Waals surface area contributed by atoms with Crippen molar-refractivity contribution in [2.45, 2.75) is 257 Å². The number of hydrogen-bond acceptors (Lipinski definition) is 8. The summed E-state index contributed by atoms with van der Waals surface area (Å²) in [5.74, 6) is -2.29. The summed E-state index contributed by atoms with van der Waals surface area (Å²) in [5.41, 5.74) is 0. The van der Waals surface area contributed by atoms with Gasteiger partial charge in [-0.25, -0.2) is 0 Å². The van der Waals surface area contributed by atoms with Crippen molar-refractivity contribution < 1.29 is 42.9 Å². The average Bonchev–Trinajstić information content (AvgIpc) is 3.34. The van der Waals surface area contributed by atoms with E-state index < -0.39 is 24.3 Å². The molecule has 0 saturated carbocycles. The van der Waals surface area contributed by atoms with Crippen molar-refractivity contribution in [2.24, 2.45) is 0 Å². The number of carboxylic acid groups (broad SMARTS) is 1. The lowest BCUT2D eigenvalue weighted by Gasteiger charge is -2.26. The van der Waals surface area contributed by atoms with Gasteiger partial charge in [0.1, 0.15) is 13.2 Å². The smallest absolute Gasteiger partial charge is 0.306 e. The fourth-order valence-corrected chi connectivity index (χ4v) is 7.97. The number of allylic oxidation sites excluding steroid dienone is 12. The third kappa shape index (κ3) is 54.3. The molecule has 0 bridgehead atoms. The van der Waals surface area contributed by atoms with Crippen LogP contribution in [-0.2, 0) is 33.3 Å². The molecule has 9 nitrogen and oxygen atoms in total. The Morgan fingerprint density at radius 1 is 0.437 bits per heavy atom. The average molecular weight is 997 g/mol. The number of likely N-dealkylation sites (N-methyl/N-ethyl adjacent to an activating group) is 1. The molecule has 0 saturated heterocycles. The summed E-state index contributed by atoms with van der Waals surface area (Å²) >= 11 is 0. The van der Waals surface area contributed by atoms with Crippen LogP contribution in [0.2, 0.25) is 0 Å². The lowest BCUT2D eigenvalue weighted by Crippen LogP contribution is -2.44. The first-order chi connectivity index (χ1) is 34.6. The van der Waals surface area contributed by atoms with Crippen molar-refractivity contribution in [2.75, 3.05) is 47.5 Å². The van der Waals surface area contributed by atoms with E-state index in [-0.39, 0.29) is 38.6 Å². The Hall–Kier alpha value is -3.27. The number of ether oxygens (including phenoxy) is 4. The van der Waals surface area contributed by atoms with Crippen molar-refractivity contribution >= 4 is 17.9 Å². The van der Waals surface area contributed by atoms with Gasteiger partial charge >= 0.3 is 11.9 Å². The molecule has 0 aliphatic carbocycles. The Kier molecular flexibility index (Phi) is 50.6. The fraction of sp³-hybridized carbons (Fsp3) is 0.758. The van der Waals surface area contributed by atoms with Crippen LogP contribution in [0.3, 0.4) is 0 Å². The van der Waals surface area contributed by atoms with Crippen LogP contribution in [0.25, 0.3) is 0 Å². The summed E-state index contributed by atoms with van der Waals surface area (Å²) < 4.78 is 22.7. The molecule has 0 rings (SSSR count). The summed E-state index contributed by atoms with van der Waals surface area (Å²) in [7, 11) is 5.92. The van der Waals surface area contributed by atoms with E-state index in [1.165, 1.54) is 128 Å². The van der Waals surface area contributed by atoms with Gasteiger partial charge in [0.2, 0.25) is 0 Å². The Balaban J connectivity index is 4.10. The number of aliphatic carboxylic acids is 1. The Morgan fingerprint density at radius 3 is 1.21 bits per heavy atom. The molecular formula is C62H109NO8. The number of unbranched alkanes of at least 4 members (excludes halogenated alkanes) is 26. The van der Waals surface area contributed by atoms with Gasteiger partial charge in [0.15, 0.2) is 12.4 Å². The van der Waals surface area contributed by atoms with E-state index in [9.17, 15) is 19.5 Å². The van der Waals surface area contributed by atoms with Crippen molar-refractivity contribution in [1.82, 2.24) is 0 Å². The maximum absolute atomic E-state index is 12.8. The fourth-order valence-electron chi connectivity index (χ4n) is 7.97. The van der Waals surface area contributed by atoms with Crippen LogP contribution in [-0.4, -0.2) is 82.3 Å². The maximum atomic E-state index is 12.8.